The predicted molar refractivity (Wildman–Crippen MR) is 205 cm³/mol. The fraction of sp³-hybridized carbons (Fsp3) is 0.111. The molecule has 0 fully saturated rings. The Labute approximate surface area is 289 Å². The number of ether oxygens (including phenoxy) is 2. The standard InChI is InChI=1S/C45H40N2O2/c1-5-27-45(28-6-2)43-31-37(46(33-15-9-7-10-16-33)35-19-13-21-39(29-35)48-3)23-25-41(43)42-26-24-38(32-44(42)45)47(34-17-11-8-12-18-34)36-20-14-22-40(30-36)49-4/h5-26,29-32H,1-2,27-28H2,3-4H3. The van der Waals surface area contributed by atoms with E-state index in [1.165, 1.54) is 22.3 Å². The Balaban J connectivity index is 1.42. The minimum Gasteiger partial charge on any atom is -0.497 e. The van der Waals surface area contributed by atoms with Crippen molar-refractivity contribution in [3.8, 4) is 22.6 Å². The molecule has 7 rings (SSSR count). The summed E-state index contributed by atoms with van der Waals surface area (Å²) in [5.74, 6) is 1.62. The first-order valence-electron chi connectivity index (χ1n) is 16.6. The van der Waals surface area contributed by atoms with Gasteiger partial charge in [0.15, 0.2) is 0 Å². The maximum absolute atomic E-state index is 5.64. The minimum absolute atomic E-state index is 0.354. The number of para-hydroxylation sites is 2. The highest BCUT2D eigenvalue weighted by Gasteiger charge is 2.42. The lowest BCUT2D eigenvalue weighted by Gasteiger charge is -2.33. The van der Waals surface area contributed by atoms with E-state index in [1.807, 2.05) is 36.4 Å². The van der Waals surface area contributed by atoms with Crippen LogP contribution in [0.15, 0.2) is 171 Å². The summed E-state index contributed by atoms with van der Waals surface area (Å²) in [6.45, 7) is 8.52. The fourth-order valence-electron chi connectivity index (χ4n) is 7.31. The smallest absolute Gasteiger partial charge is 0.120 e. The molecule has 0 bridgehead atoms. The lowest BCUT2D eigenvalue weighted by Crippen LogP contribution is -2.24. The van der Waals surface area contributed by atoms with Crippen LogP contribution >= 0.6 is 0 Å². The third-order valence-electron chi connectivity index (χ3n) is 9.48. The first kappa shape index (κ1) is 31.6. The Hall–Kier alpha value is -6.00. The summed E-state index contributed by atoms with van der Waals surface area (Å²) in [6.07, 6.45) is 5.63. The lowest BCUT2D eigenvalue weighted by molar-refractivity contribution is 0.415. The van der Waals surface area contributed by atoms with E-state index in [4.69, 9.17) is 9.47 Å². The van der Waals surface area contributed by atoms with E-state index < -0.39 is 0 Å². The zero-order valence-corrected chi connectivity index (χ0v) is 28.1. The zero-order chi connectivity index (χ0) is 33.8. The van der Waals surface area contributed by atoms with Gasteiger partial charge in [-0.1, -0.05) is 72.8 Å². The number of benzene rings is 6. The van der Waals surface area contributed by atoms with Crippen LogP contribution in [0.2, 0.25) is 0 Å². The molecule has 1 aliphatic carbocycles. The molecule has 0 atom stereocenters. The number of rotatable bonds is 12. The van der Waals surface area contributed by atoms with E-state index in [-0.39, 0.29) is 5.41 Å². The number of fused-ring (bicyclic) bond motifs is 3. The highest BCUT2D eigenvalue weighted by molar-refractivity contribution is 5.89. The van der Waals surface area contributed by atoms with E-state index in [2.05, 4.69) is 144 Å². The van der Waals surface area contributed by atoms with Gasteiger partial charge in [0.2, 0.25) is 0 Å². The average Bonchev–Trinajstić information content (AvgIpc) is 3.41. The molecule has 242 valence electrons. The molecule has 6 aromatic rings. The lowest BCUT2D eigenvalue weighted by atomic mass is 9.72. The summed E-state index contributed by atoms with van der Waals surface area (Å²) in [4.78, 5) is 4.59. The molecule has 4 nitrogen and oxygen atoms in total. The molecule has 0 aromatic heterocycles. The molecule has 0 saturated carbocycles. The second-order valence-corrected chi connectivity index (χ2v) is 12.3. The van der Waals surface area contributed by atoms with Crippen LogP contribution < -0.4 is 19.3 Å². The normalized spacial score (nSPS) is 12.4. The van der Waals surface area contributed by atoms with E-state index in [0.29, 0.717) is 0 Å². The van der Waals surface area contributed by atoms with Crippen molar-refractivity contribution in [2.45, 2.75) is 18.3 Å². The molecule has 6 aromatic carbocycles. The van der Waals surface area contributed by atoms with Gasteiger partial charge in [0, 0.05) is 51.7 Å². The van der Waals surface area contributed by atoms with Gasteiger partial charge in [0.25, 0.3) is 0 Å². The molecule has 0 heterocycles. The topological polar surface area (TPSA) is 24.9 Å². The second kappa shape index (κ2) is 13.6. The highest BCUT2D eigenvalue weighted by Crippen LogP contribution is 2.56. The Bertz CT molecular complexity index is 1950. The number of hydrogen-bond acceptors (Lipinski definition) is 4. The molecular weight excluding hydrogens is 601 g/mol. The summed E-state index contributed by atoms with van der Waals surface area (Å²) in [7, 11) is 3.41. The van der Waals surface area contributed by atoms with Crippen molar-refractivity contribution >= 4 is 34.1 Å². The van der Waals surface area contributed by atoms with Crippen molar-refractivity contribution in [3.63, 3.8) is 0 Å². The summed E-state index contributed by atoms with van der Waals surface area (Å²) in [5, 5.41) is 0. The molecule has 0 N–H and O–H groups in total. The maximum Gasteiger partial charge on any atom is 0.120 e. The van der Waals surface area contributed by atoms with Gasteiger partial charge in [-0.25, -0.2) is 0 Å². The summed E-state index contributed by atoms with van der Waals surface area (Å²) >= 11 is 0. The molecular formula is C45H40N2O2. The number of anilines is 6. The summed E-state index contributed by atoms with van der Waals surface area (Å²) < 4.78 is 11.3. The molecule has 0 amide bonds. The zero-order valence-electron chi connectivity index (χ0n) is 28.1. The maximum atomic E-state index is 5.64. The minimum atomic E-state index is -0.354. The second-order valence-electron chi connectivity index (χ2n) is 12.3. The fourth-order valence-corrected chi connectivity index (χ4v) is 7.31. The molecule has 1 aliphatic rings. The highest BCUT2D eigenvalue weighted by atomic mass is 16.5. The molecule has 49 heavy (non-hydrogen) atoms. The molecule has 4 heteroatoms. The number of allylic oxidation sites excluding steroid dienone is 2. The van der Waals surface area contributed by atoms with Crippen LogP contribution in [0.3, 0.4) is 0 Å². The SMILES string of the molecule is C=CCC1(CC=C)c2cc(N(c3ccccc3)c3cccc(OC)c3)ccc2-c2ccc(N(c3ccccc3)c3cccc(OC)c3)cc21. The largest absolute Gasteiger partial charge is 0.497 e. The van der Waals surface area contributed by atoms with Crippen LogP contribution in [0, 0.1) is 0 Å². The quantitative estimate of drug-likeness (QED) is 0.124. The van der Waals surface area contributed by atoms with Crippen molar-refractivity contribution in [3.05, 3.63) is 182 Å². The third kappa shape index (κ3) is 5.76. The number of hydrogen-bond donors (Lipinski definition) is 0. The Morgan fingerprint density at radius 2 is 0.857 bits per heavy atom. The van der Waals surface area contributed by atoms with Crippen molar-refractivity contribution in [1.29, 1.82) is 0 Å². The van der Waals surface area contributed by atoms with Gasteiger partial charge < -0.3 is 19.3 Å². The van der Waals surface area contributed by atoms with Crippen molar-refractivity contribution in [2.24, 2.45) is 0 Å². The van der Waals surface area contributed by atoms with E-state index in [9.17, 15) is 0 Å². The van der Waals surface area contributed by atoms with Crippen molar-refractivity contribution in [2.75, 3.05) is 24.0 Å². The van der Waals surface area contributed by atoms with Gasteiger partial charge >= 0.3 is 0 Å². The van der Waals surface area contributed by atoms with Gasteiger partial charge in [-0.3, -0.25) is 0 Å². The molecule has 0 saturated heterocycles. The Kier molecular flexibility index (Phi) is 8.78. The monoisotopic (exact) mass is 640 g/mol. The van der Waals surface area contributed by atoms with Crippen molar-refractivity contribution < 1.29 is 9.47 Å². The van der Waals surface area contributed by atoms with Crippen LogP contribution in [0.5, 0.6) is 11.5 Å². The van der Waals surface area contributed by atoms with Gasteiger partial charge in [-0.2, -0.15) is 0 Å². The van der Waals surface area contributed by atoms with Crippen molar-refractivity contribution in [1.82, 2.24) is 0 Å². The van der Waals surface area contributed by atoms with E-state index in [0.717, 1.165) is 58.5 Å². The van der Waals surface area contributed by atoms with Crippen LogP contribution in [0.4, 0.5) is 34.1 Å². The summed E-state index contributed by atoms with van der Waals surface area (Å²) in [5.41, 5.74) is 11.0. The summed E-state index contributed by atoms with van der Waals surface area (Å²) in [6, 6.07) is 51.2. The predicted octanol–water partition coefficient (Wildman–Crippen LogP) is 12.1. The molecule has 0 aliphatic heterocycles. The average molecular weight is 641 g/mol. The van der Waals surface area contributed by atoms with E-state index >= 15 is 0 Å². The Morgan fingerprint density at radius 1 is 0.469 bits per heavy atom. The number of methoxy groups -OCH3 is 2. The van der Waals surface area contributed by atoms with Gasteiger partial charge in [0.05, 0.1) is 14.2 Å². The van der Waals surface area contributed by atoms with Crippen LogP contribution in [-0.2, 0) is 5.41 Å². The third-order valence-corrected chi connectivity index (χ3v) is 9.48. The van der Waals surface area contributed by atoms with Gasteiger partial charge in [-0.05, 0) is 108 Å². The first-order chi connectivity index (χ1) is 24.1. The number of nitrogens with zero attached hydrogens (tertiary/aromatic N) is 2. The first-order valence-corrected chi connectivity index (χ1v) is 16.6. The van der Waals surface area contributed by atoms with Gasteiger partial charge in [0.1, 0.15) is 11.5 Å². The van der Waals surface area contributed by atoms with Crippen LogP contribution in [0.1, 0.15) is 24.0 Å². The van der Waals surface area contributed by atoms with Gasteiger partial charge in [-0.15, -0.1) is 13.2 Å². The Morgan fingerprint density at radius 3 is 1.24 bits per heavy atom. The van der Waals surface area contributed by atoms with Crippen LogP contribution in [-0.4, -0.2) is 14.2 Å². The van der Waals surface area contributed by atoms with Crippen LogP contribution in [0.25, 0.3) is 11.1 Å². The molecule has 0 unspecified atom stereocenters. The molecule has 0 spiro atoms. The molecule has 0 radical (unpaired) electrons. The van der Waals surface area contributed by atoms with E-state index in [1.54, 1.807) is 14.2 Å².